The lowest BCUT2D eigenvalue weighted by Gasteiger charge is -2.16. The molecule has 1 aromatic heterocycles. The third-order valence-electron chi connectivity index (χ3n) is 4.45. The summed E-state index contributed by atoms with van der Waals surface area (Å²) in [7, 11) is 0. The van der Waals surface area contributed by atoms with E-state index in [1.165, 1.54) is 11.2 Å². The van der Waals surface area contributed by atoms with Gasteiger partial charge in [-0.2, -0.15) is 5.26 Å². The summed E-state index contributed by atoms with van der Waals surface area (Å²) in [6.45, 7) is 5.68. The second-order valence-electron chi connectivity index (χ2n) is 6.38. The van der Waals surface area contributed by atoms with Gasteiger partial charge in [-0.15, -0.1) is 5.92 Å². The molecule has 1 saturated heterocycles. The number of pyridine rings is 1. The quantitative estimate of drug-likeness (QED) is 0.672. The molecule has 27 heavy (non-hydrogen) atoms. The zero-order valence-electron chi connectivity index (χ0n) is 15.3. The minimum absolute atomic E-state index is 0.143. The topological polar surface area (TPSA) is 86.1 Å². The van der Waals surface area contributed by atoms with Crippen molar-refractivity contribution in [2.75, 3.05) is 0 Å². The Hall–Kier alpha value is -3.64. The molecule has 134 valence electrons. The van der Waals surface area contributed by atoms with Gasteiger partial charge in [0.15, 0.2) is 0 Å². The highest BCUT2D eigenvalue weighted by Crippen LogP contribution is 2.30. The maximum Gasteiger partial charge on any atom is 0.258 e. The molecule has 0 radical (unpaired) electrons. The second kappa shape index (κ2) is 7.31. The molecule has 0 saturated carbocycles. The largest absolute Gasteiger partial charge is 0.272 e. The van der Waals surface area contributed by atoms with E-state index < -0.39 is 5.92 Å². The molecule has 2 aromatic rings. The fourth-order valence-electron chi connectivity index (χ4n) is 3.29. The number of benzene rings is 1. The zero-order valence-corrected chi connectivity index (χ0v) is 15.3. The van der Waals surface area contributed by atoms with Crippen LogP contribution in [0.5, 0.6) is 0 Å². The molecular weight excluding hydrogens is 340 g/mol. The second-order valence-corrected chi connectivity index (χ2v) is 6.38. The normalized spacial score (nSPS) is 15.8. The molecule has 1 aliphatic heterocycles. The Morgan fingerprint density at radius 1 is 1.19 bits per heavy atom. The van der Waals surface area contributed by atoms with Crippen molar-refractivity contribution in [3.05, 3.63) is 64.0 Å². The summed E-state index contributed by atoms with van der Waals surface area (Å²) < 4.78 is 0. The van der Waals surface area contributed by atoms with E-state index >= 15 is 0 Å². The first-order chi connectivity index (χ1) is 12.9. The Labute approximate surface area is 157 Å². The minimum Gasteiger partial charge on any atom is -0.272 e. The van der Waals surface area contributed by atoms with E-state index in [1.807, 2.05) is 32.0 Å². The monoisotopic (exact) mass is 358 g/mol. The van der Waals surface area contributed by atoms with Crippen LogP contribution in [0.4, 0.5) is 0 Å². The summed E-state index contributed by atoms with van der Waals surface area (Å²) >= 11 is 0. The van der Waals surface area contributed by atoms with Crippen molar-refractivity contribution in [1.82, 2.24) is 15.4 Å². The molecule has 1 aromatic carbocycles. The van der Waals surface area contributed by atoms with Crippen molar-refractivity contribution in [3.63, 3.8) is 0 Å². The average Bonchev–Trinajstić information content (AvgIpc) is 2.90. The summed E-state index contributed by atoms with van der Waals surface area (Å²) in [6, 6.07) is 9.08. The Morgan fingerprint density at radius 2 is 1.89 bits per heavy atom. The van der Waals surface area contributed by atoms with E-state index in [0.717, 1.165) is 22.3 Å². The van der Waals surface area contributed by atoms with Crippen molar-refractivity contribution >= 4 is 11.8 Å². The maximum absolute atomic E-state index is 12.9. The van der Waals surface area contributed by atoms with Crippen LogP contribution in [0.3, 0.4) is 0 Å². The first-order valence-corrected chi connectivity index (χ1v) is 8.45. The molecule has 0 bridgehead atoms. The number of carbonyl (C=O) groups excluding carboxylic acids is 2. The number of nitriles is 1. The van der Waals surface area contributed by atoms with Crippen LogP contribution in [0, 0.1) is 37.0 Å². The summed E-state index contributed by atoms with van der Waals surface area (Å²) in [6.07, 6.45) is 1.44. The number of aryl methyl sites for hydroxylation is 2. The standard InChI is InChI=1S/C21H18N4O2/c1-4-5-15-8-13(2)18(14(3)9-15)19-20(26)24-25(21(19)27)12-17-7-6-16(10-22)11-23-17/h6-9,11,19H,12H2,1-3H3,(H,24,26). The van der Waals surface area contributed by atoms with E-state index in [2.05, 4.69) is 22.3 Å². The van der Waals surface area contributed by atoms with Crippen LogP contribution in [0.15, 0.2) is 30.5 Å². The summed E-state index contributed by atoms with van der Waals surface area (Å²) in [5.41, 5.74) is 6.96. The van der Waals surface area contributed by atoms with Crippen molar-refractivity contribution in [2.24, 2.45) is 0 Å². The Kier molecular flexibility index (Phi) is 4.92. The Bertz CT molecular complexity index is 1000. The maximum atomic E-state index is 12.9. The van der Waals surface area contributed by atoms with E-state index in [9.17, 15) is 9.59 Å². The number of hydrogen-bond donors (Lipinski definition) is 1. The van der Waals surface area contributed by atoms with Crippen molar-refractivity contribution in [1.29, 1.82) is 5.26 Å². The van der Waals surface area contributed by atoms with Crippen LogP contribution in [-0.4, -0.2) is 21.8 Å². The highest BCUT2D eigenvalue weighted by molar-refractivity contribution is 6.10. The van der Waals surface area contributed by atoms with Gasteiger partial charge in [-0.25, -0.2) is 5.01 Å². The number of hydrogen-bond acceptors (Lipinski definition) is 4. The van der Waals surface area contributed by atoms with Crippen molar-refractivity contribution in [2.45, 2.75) is 33.2 Å². The van der Waals surface area contributed by atoms with Gasteiger partial charge in [0.2, 0.25) is 0 Å². The minimum atomic E-state index is -0.882. The number of amides is 2. The lowest BCUT2D eigenvalue weighted by atomic mass is 9.88. The number of aromatic nitrogens is 1. The molecule has 2 amide bonds. The number of carbonyl (C=O) groups is 2. The van der Waals surface area contributed by atoms with Gasteiger partial charge in [-0.3, -0.25) is 20.0 Å². The predicted octanol–water partition coefficient (Wildman–Crippen LogP) is 2.10. The van der Waals surface area contributed by atoms with Crippen molar-refractivity contribution < 1.29 is 9.59 Å². The smallest absolute Gasteiger partial charge is 0.258 e. The van der Waals surface area contributed by atoms with Gasteiger partial charge in [0.25, 0.3) is 11.8 Å². The molecular formula is C21H18N4O2. The van der Waals surface area contributed by atoms with E-state index in [4.69, 9.17) is 5.26 Å². The number of nitrogens with zero attached hydrogens (tertiary/aromatic N) is 3. The van der Waals surface area contributed by atoms with E-state index in [1.54, 1.807) is 19.1 Å². The number of nitrogens with one attached hydrogen (secondary N) is 1. The SMILES string of the molecule is CC#Cc1cc(C)c(C2C(=O)NN(Cc3ccc(C#N)cn3)C2=O)c(C)c1. The van der Waals surface area contributed by atoms with Gasteiger partial charge in [-0.1, -0.05) is 5.92 Å². The van der Waals surface area contributed by atoms with Crippen LogP contribution in [0.1, 0.15) is 46.4 Å². The third-order valence-corrected chi connectivity index (χ3v) is 4.45. The average molecular weight is 358 g/mol. The zero-order chi connectivity index (χ0) is 19.6. The lowest BCUT2D eigenvalue weighted by Crippen LogP contribution is -2.35. The van der Waals surface area contributed by atoms with Crippen LogP contribution < -0.4 is 5.43 Å². The molecule has 1 atom stereocenters. The van der Waals surface area contributed by atoms with Gasteiger partial charge in [0.1, 0.15) is 12.0 Å². The molecule has 1 unspecified atom stereocenters. The lowest BCUT2D eigenvalue weighted by molar-refractivity contribution is -0.131. The Balaban J connectivity index is 1.88. The van der Waals surface area contributed by atoms with Crippen LogP contribution in [0.25, 0.3) is 0 Å². The first-order valence-electron chi connectivity index (χ1n) is 8.45. The fraction of sp³-hybridized carbons (Fsp3) is 0.238. The van der Waals surface area contributed by atoms with Crippen LogP contribution in [-0.2, 0) is 16.1 Å². The van der Waals surface area contributed by atoms with Gasteiger partial charge in [-0.05, 0) is 61.7 Å². The van der Waals surface area contributed by atoms with Gasteiger partial charge >= 0.3 is 0 Å². The highest BCUT2D eigenvalue weighted by Gasteiger charge is 2.41. The molecule has 3 rings (SSSR count). The van der Waals surface area contributed by atoms with E-state index in [0.29, 0.717) is 11.3 Å². The molecule has 1 fully saturated rings. The van der Waals surface area contributed by atoms with E-state index in [-0.39, 0.29) is 18.4 Å². The summed E-state index contributed by atoms with van der Waals surface area (Å²) in [4.78, 5) is 29.6. The van der Waals surface area contributed by atoms with Gasteiger partial charge < -0.3 is 0 Å². The third kappa shape index (κ3) is 3.51. The van der Waals surface area contributed by atoms with Crippen LogP contribution >= 0.6 is 0 Å². The van der Waals surface area contributed by atoms with Crippen LogP contribution in [0.2, 0.25) is 0 Å². The fourth-order valence-corrected chi connectivity index (χ4v) is 3.29. The molecule has 6 heteroatoms. The molecule has 6 nitrogen and oxygen atoms in total. The molecule has 0 aliphatic carbocycles. The van der Waals surface area contributed by atoms with Crippen molar-refractivity contribution in [3.8, 4) is 17.9 Å². The first kappa shape index (κ1) is 18.2. The molecule has 1 aliphatic rings. The number of rotatable bonds is 3. The summed E-state index contributed by atoms with van der Waals surface area (Å²) in [5, 5.41) is 10.1. The van der Waals surface area contributed by atoms with Gasteiger partial charge in [0, 0.05) is 11.8 Å². The molecule has 1 N–H and O–H groups in total. The predicted molar refractivity (Wildman–Crippen MR) is 98.9 cm³/mol. The highest BCUT2D eigenvalue weighted by atomic mass is 16.2. The molecule has 2 heterocycles. The Morgan fingerprint density at radius 3 is 2.44 bits per heavy atom. The summed E-state index contributed by atoms with van der Waals surface area (Å²) in [5.74, 6) is 4.31. The molecule has 0 spiro atoms. The van der Waals surface area contributed by atoms with Gasteiger partial charge in [0.05, 0.1) is 17.8 Å². The number of hydrazine groups is 1.